The first-order valence-corrected chi connectivity index (χ1v) is 7.99. The summed E-state index contributed by atoms with van der Waals surface area (Å²) >= 11 is 0. The van der Waals surface area contributed by atoms with Gasteiger partial charge in [0.2, 0.25) is 0 Å². The molecule has 6 unspecified atom stereocenters. The number of fused-ring (bicyclic) bond motifs is 1. The first kappa shape index (κ1) is 12.0. The third kappa shape index (κ3) is 1.96. The fourth-order valence-corrected chi connectivity index (χ4v) is 5.24. The Morgan fingerprint density at radius 3 is 2.68 bits per heavy atom. The Kier molecular flexibility index (Phi) is 2.77. The molecule has 3 aliphatic rings. The normalized spacial score (nSPS) is 43.9. The summed E-state index contributed by atoms with van der Waals surface area (Å²) in [6.07, 6.45) is 5.97. The zero-order valence-electron chi connectivity index (χ0n) is 12.1. The number of nitrogens with one attached hydrogen (secondary N) is 1. The molecule has 19 heavy (non-hydrogen) atoms. The largest absolute Gasteiger partial charge is 0.465 e. The predicted molar refractivity (Wildman–Crippen MR) is 75.7 cm³/mol. The number of hydrogen-bond donors (Lipinski definition) is 1. The maximum atomic E-state index is 5.69. The van der Waals surface area contributed by atoms with Gasteiger partial charge in [0.25, 0.3) is 0 Å². The Morgan fingerprint density at radius 2 is 1.89 bits per heavy atom. The van der Waals surface area contributed by atoms with Crippen molar-refractivity contribution < 1.29 is 4.42 Å². The highest BCUT2D eigenvalue weighted by molar-refractivity contribution is 5.07. The van der Waals surface area contributed by atoms with Gasteiger partial charge in [0.15, 0.2) is 0 Å². The van der Waals surface area contributed by atoms with Gasteiger partial charge in [0, 0.05) is 6.04 Å². The lowest BCUT2D eigenvalue weighted by atomic mass is 9.63. The van der Waals surface area contributed by atoms with E-state index in [1.807, 2.05) is 6.92 Å². The van der Waals surface area contributed by atoms with Crippen LogP contribution < -0.4 is 5.32 Å². The lowest BCUT2D eigenvalue weighted by Gasteiger charge is -2.43. The highest BCUT2D eigenvalue weighted by Crippen LogP contribution is 2.59. The molecular weight excluding hydrogens is 234 g/mol. The van der Waals surface area contributed by atoms with Gasteiger partial charge in [-0.3, -0.25) is 0 Å². The van der Waals surface area contributed by atoms with Gasteiger partial charge in [-0.2, -0.15) is 0 Å². The van der Waals surface area contributed by atoms with Gasteiger partial charge in [-0.05, 0) is 74.3 Å². The smallest absolute Gasteiger partial charge is 0.117 e. The summed E-state index contributed by atoms with van der Waals surface area (Å²) in [5.41, 5.74) is 0. The van der Waals surface area contributed by atoms with Gasteiger partial charge in [-0.25, -0.2) is 0 Å². The van der Waals surface area contributed by atoms with Gasteiger partial charge >= 0.3 is 0 Å². The van der Waals surface area contributed by atoms with Gasteiger partial charge < -0.3 is 9.73 Å². The standard InChI is InChI=1S/C17H25NO/c1-10-5-12-6-13-7-14(8-16(12)13)17(10)18-9-15-4-3-11(2)19-15/h3-4,10,12-14,16-18H,5-9H2,1-2H3. The number of furan rings is 1. The fraction of sp³-hybridized carbons (Fsp3) is 0.765. The van der Waals surface area contributed by atoms with Crippen LogP contribution in [0.1, 0.15) is 44.1 Å². The zero-order valence-corrected chi connectivity index (χ0v) is 12.1. The monoisotopic (exact) mass is 259 g/mol. The van der Waals surface area contributed by atoms with Crippen molar-refractivity contribution in [3.63, 3.8) is 0 Å². The molecular formula is C17H25NO. The third-order valence-corrected chi connectivity index (χ3v) is 6.10. The molecule has 1 aromatic rings. The molecule has 104 valence electrons. The van der Waals surface area contributed by atoms with Crippen LogP contribution in [0.15, 0.2) is 16.5 Å². The molecule has 0 saturated heterocycles. The Balaban J connectivity index is 1.44. The molecule has 6 atom stereocenters. The van der Waals surface area contributed by atoms with E-state index in [0.29, 0.717) is 6.04 Å². The summed E-state index contributed by atoms with van der Waals surface area (Å²) < 4.78 is 5.69. The van der Waals surface area contributed by atoms with E-state index >= 15 is 0 Å². The average Bonchev–Trinajstić information content (AvgIpc) is 2.88. The van der Waals surface area contributed by atoms with Crippen molar-refractivity contribution in [1.82, 2.24) is 5.32 Å². The molecule has 3 fully saturated rings. The summed E-state index contributed by atoms with van der Waals surface area (Å²) in [5.74, 6) is 7.10. The minimum atomic E-state index is 0.711. The second kappa shape index (κ2) is 4.37. The minimum absolute atomic E-state index is 0.711. The van der Waals surface area contributed by atoms with Crippen molar-refractivity contribution in [1.29, 1.82) is 0 Å². The van der Waals surface area contributed by atoms with Crippen molar-refractivity contribution >= 4 is 0 Å². The molecule has 2 heteroatoms. The van der Waals surface area contributed by atoms with E-state index in [4.69, 9.17) is 4.42 Å². The number of hydrogen-bond acceptors (Lipinski definition) is 2. The first-order chi connectivity index (χ1) is 9.20. The molecule has 3 aliphatic carbocycles. The summed E-state index contributed by atoms with van der Waals surface area (Å²) in [4.78, 5) is 0. The molecule has 2 bridgehead atoms. The van der Waals surface area contributed by atoms with E-state index in [-0.39, 0.29) is 0 Å². The maximum Gasteiger partial charge on any atom is 0.117 e. The van der Waals surface area contributed by atoms with Gasteiger partial charge in [-0.15, -0.1) is 0 Å². The van der Waals surface area contributed by atoms with Crippen LogP contribution in [0.5, 0.6) is 0 Å². The fourth-order valence-electron chi connectivity index (χ4n) is 5.24. The zero-order chi connectivity index (χ0) is 13.0. The van der Waals surface area contributed by atoms with Crippen molar-refractivity contribution in [2.24, 2.45) is 29.6 Å². The number of rotatable bonds is 3. The molecule has 3 saturated carbocycles. The van der Waals surface area contributed by atoms with E-state index in [2.05, 4.69) is 24.4 Å². The van der Waals surface area contributed by atoms with Crippen LogP contribution >= 0.6 is 0 Å². The summed E-state index contributed by atoms with van der Waals surface area (Å²) in [5, 5.41) is 3.82. The Labute approximate surface area is 116 Å². The van der Waals surface area contributed by atoms with Crippen LogP contribution in [-0.2, 0) is 6.54 Å². The van der Waals surface area contributed by atoms with E-state index in [0.717, 1.165) is 47.7 Å². The van der Waals surface area contributed by atoms with Crippen LogP contribution in [0.3, 0.4) is 0 Å². The maximum absolute atomic E-state index is 5.69. The Hall–Kier alpha value is -0.760. The molecule has 1 N–H and O–H groups in total. The van der Waals surface area contributed by atoms with Crippen LogP contribution in [0.25, 0.3) is 0 Å². The first-order valence-electron chi connectivity index (χ1n) is 7.99. The molecule has 4 rings (SSSR count). The number of aryl methyl sites for hydroxylation is 1. The summed E-state index contributed by atoms with van der Waals surface area (Å²) in [6.45, 7) is 5.38. The van der Waals surface area contributed by atoms with Gasteiger partial charge in [0.05, 0.1) is 6.54 Å². The van der Waals surface area contributed by atoms with Crippen LogP contribution in [0, 0.1) is 36.5 Å². The van der Waals surface area contributed by atoms with Crippen molar-refractivity contribution in [3.05, 3.63) is 23.7 Å². The second-order valence-electron chi connectivity index (χ2n) is 7.28. The molecule has 0 amide bonds. The van der Waals surface area contributed by atoms with E-state index in [9.17, 15) is 0 Å². The van der Waals surface area contributed by atoms with Crippen molar-refractivity contribution in [2.75, 3.05) is 0 Å². The highest BCUT2D eigenvalue weighted by atomic mass is 16.3. The van der Waals surface area contributed by atoms with Crippen LogP contribution in [0.4, 0.5) is 0 Å². The lowest BCUT2D eigenvalue weighted by Crippen LogP contribution is -2.42. The molecule has 0 aromatic carbocycles. The predicted octanol–water partition coefficient (Wildman–Crippen LogP) is 3.75. The molecule has 0 spiro atoms. The Morgan fingerprint density at radius 1 is 1.11 bits per heavy atom. The molecule has 1 aromatic heterocycles. The Bertz CT molecular complexity index is 466. The summed E-state index contributed by atoms with van der Waals surface area (Å²) in [6, 6.07) is 4.88. The third-order valence-electron chi connectivity index (χ3n) is 6.10. The van der Waals surface area contributed by atoms with Crippen molar-refractivity contribution in [2.45, 2.75) is 52.1 Å². The molecule has 0 aliphatic heterocycles. The van der Waals surface area contributed by atoms with E-state index in [1.54, 1.807) is 0 Å². The van der Waals surface area contributed by atoms with E-state index < -0.39 is 0 Å². The SMILES string of the molecule is Cc1ccc(CNC2C(C)CC3CC4CC2CC34)o1. The second-order valence-corrected chi connectivity index (χ2v) is 7.28. The van der Waals surface area contributed by atoms with Gasteiger partial charge in [0.1, 0.15) is 11.5 Å². The lowest BCUT2D eigenvalue weighted by molar-refractivity contribution is 0.0717. The highest BCUT2D eigenvalue weighted by Gasteiger charge is 2.52. The van der Waals surface area contributed by atoms with Crippen molar-refractivity contribution in [3.8, 4) is 0 Å². The quantitative estimate of drug-likeness (QED) is 0.894. The molecule has 0 radical (unpaired) electrons. The summed E-state index contributed by atoms with van der Waals surface area (Å²) in [7, 11) is 0. The van der Waals surface area contributed by atoms with Gasteiger partial charge in [-0.1, -0.05) is 6.92 Å². The van der Waals surface area contributed by atoms with Crippen LogP contribution in [0.2, 0.25) is 0 Å². The molecule has 2 nitrogen and oxygen atoms in total. The van der Waals surface area contributed by atoms with Crippen LogP contribution in [-0.4, -0.2) is 6.04 Å². The minimum Gasteiger partial charge on any atom is -0.465 e. The molecule has 1 heterocycles. The topological polar surface area (TPSA) is 25.2 Å². The average molecular weight is 259 g/mol. The van der Waals surface area contributed by atoms with E-state index in [1.165, 1.54) is 25.7 Å².